The molecular formula is C31H22F7N5O5S. The zero-order valence-electron chi connectivity index (χ0n) is 25.0. The molecule has 256 valence electrons. The van der Waals surface area contributed by atoms with Gasteiger partial charge in [0.05, 0.1) is 42.7 Å². The van der Waals surface area contributed by atoms with Gasteiger partial charge in [0.15, 0.2) is 0 Å². The van der Waals surface area contributed by atoms with Gasteiger partial charge in [-0.25, -0.2) is 4.39 Å². The van der Waals surface area contributed by atoms with Crippen molar-refractivity contribution in [1.82, 2.24) is 10.1 Å². The fourth-order valence-corrected chi connectivity index (χ4v) is 6.08. The van der Waals surface area contributed by atoms with Crippen LogP contribution in [0.25, 0.3) is 21.5 Å². The Morgan fingerprint density at radius 1 is 0.918 bits per heavy atom. The third-order valence-corrected chi connectivity index (χ3v) is 8.54. The number of rotatable bonds is 7. The fourth-order valence-electron chi connectivity index (χ4n) is 4.99. The smallest absolute Gasteiger partial charge is 0.419 e. The highest BCUT2D eigenvalue weighted by molar-refractivity contribution is 7.21. The van der Waals surface area contributed by atoms with Crippen molar-refractivity contribution >= 4 is 50.6 Å². The molecule has 18 heteroatoms. The third-order valence-electron chi connectivity index (χ3n) is 7.39. The van der Waals surface area contributed by atoms with Crippen LogP contribution in [0.1, 0.15) is 31.2 Å². The zero-order chi connectivity index (χ0) is 35.1. The second kappa shape index (κ2) is 13.0. The van der Waals surface area contributed by atoms with Gasteiger partial charge in [0, 0.05) is 34.4 Å². The second-order valence-electron chi connectivity index (χ2n) is 10.5. The Morgan fingerprint density at radius 2 is 1.67 bits per heavy atom. The molecule has 5 aromatic rings. The van der Waals surface area contributed by atoms with Gasteiger partial charge in [0.2, 0.25) is 0 Å². The molecule has 1 aliphatic heterocycles. The van der Waals surface area contributed by atoms with Gasteiger partial charge in [-0.2, -0.15) is 31.3 Å². The molecule has 1 fully saturated rings. The van der Waals surface area contributed by atoms with Crippen molar-refractivity contribution < 1.29 is 54.3 Å². The van der Waals surface area contributed by atoms with Crippen LogP contribution in [0.2, 0.25) is 0 Å². The number of nitrogens with one attached hydrogen (secondary N) is 2. The Balaban J connectivity index is 1.36. The SMILES string of the molecule is COc1ccc(-c2nc(N3CCOCC3)no2)cc1C(=O)Nc1c(C(=O)Nc2ccc(F)c(C(F)(F)F)c2)sc2cc(C(F)(F)F)ccc12. The molecule has 0 atom stereocenters. The first-order valence-electron chi connectivity index (χ1n) is 14.2. The quantitative estimate of drug-likeness (QED) is 0.167. The molecule has 10 nitrogen and oxygen atoms in total. The number of carbonyl (C=O) groups excluding carboxylic acids is 2. The van der Waals surface area contributed by atoms with Crippen LogP contribution in [-0.2, 0) is 17.1 Å². The number of benzene rings is 3. The van der Waals surface area contributed by atoms with Crippen molar-refractivity contribution in [2.45, 2.75) is 12.4 Å². The van der Waals surface area contributed by atoms with E-state index in [4.69, 9.17) is 14.0 Å². The molecule has 1 aliphatic rings. The first kappa shape index (κ1) is 33.7. The van der Waals surface area contributed by atoms with Gasteiger partial charge in [-0.05, 0) is 53.7 Å². The molecule has 0 saturated carbocycles. The van der Waals surface area contributed by atoms with Crippen molar-refractivity contribution in [2.24, 2.45) is 0 Å². The van der Waals surface area contributed by atoms with Crippen LogP contribution >= 0.6 is 11.3 Å². The summed E-state index contributed by atoms with van der Waals surface area (Å²) in [6.07, 6.45) is -9.81. The molecule has 3 heterocycles. The van der Waals surface area contributed by atoms with E-state index in [-0.39, 0.29) is 37.9 Å². The molecule has 0 radical (unpaired) electrons. The van der Waals surface area contributed by atoms with Crippen molar-refractivity contribution in [1.29, 1.82) is 0 Å². The Kier molecular flexibility index (Phi) is 8.93. The second-order valence-corrected chi connectivity index (χ2v) is 11.6. The van der Waals surface area contributed by atoms with E-state index in [0.717, 1.165) is 24.3 Å². The van der Waals surface area contributed by atoms with Gasteiger partial charge in [-0.3, -0.25) is 9.59 Å². The average Bonchev–Trinajstić information content (AvgIpc) is 3.70. The summed E-state index contributed by atoms with van der Waals surface area (Å²) in [5, 5.41) is 8.78. The van der Waals surface area contributed by atoms with Gasteiger partial charge >= 0.3 is 12.4 Å². The van der Waals surface area contributed by atoms with E-state index < -0.39 is 46.8 Å². The minimum Gasteiger partial charge on any atom is -0.496 e. The van der Waals surface area contributed by atoms with Gasteiger partial charge < -0.3 is 29.5 Å². The predicted molar refractivity (Wildman–Crippen MR) is 163 cm³/mol. The number of ether oxygens (including phenoxy) is 2. The van der Waals surface area contributed by atoms with Crippen LogP contribution in [-0.4, -0.2) is 55.4 Å². The molecule has 2 aromatic heterocycles. The van der Waals surface area contributed by atoms with Crippen LogP contribution in [0, 0.1) is 5.82 Å². The molecule has 1 saturated heterocycles. The normalized spacial score (nSPS) is 13.8. The molecular weight excluding hydrogens is 687 g/mol. The van der Waals surface area contributed by atoms with E-state index in [1.807, 2.05) is 4.90 Å². The van der Waals surface area contributed by atoms with Crippen LogP contribution in [0.4, 0.5) is 48.1 Å². The Labute approximate surface area is 275 Å². The van der Waals surface area contributed by atoms with Crippen molar-refractivity contribution in [2.75, 3.05) is 48.9 Å². The minimum atomic E-state index is -5.07. The van der Waals surface area contributed by atoms with Gasteiger partial charge in [0.1, 0.15) is 16.4 Å². The number of carbonyl (C=O) groups is 2. The molecule has 0 spiro atoms. The monoisotopic (exact) mass is 709 g/mol. The van der Waals surface area contributed by atoms with Crippen LogP contribution < -0.4 is 20.3 Å². The summed E-state index contributed by atoms with van der Waals surface area (Å²) in [7, 11) is 1.30. The Bertz CT molecular complexity index is 2050. The number of thiophene rings is 1. The summed E-state index contributed by atoms with van der Waals surface area (Å²) in [5.74, 6) is -3.06. The number of methoxy groups -OCH3 is 1. The van der Waals surface area contributed by atoms with Crippen molar-refractivity contribution in [3.05, 3.63) is 82.0 Å². The molecule has 0 unspecified atom stereocenters. The number of hydrogen-bond donors (Lipinski definition) is 2. The highest BCUT2D eigenvalue weighted by Gasteiger charge is 2.35. The highest BCUT2D eigenvalue weighted by Crippen LogP contribution is 2.41. The number of fused-ring (bicyclic) bond motifs is 1. The number of alkyl halides is 6. The molecule has 6 rings (SSSR count). The number of morpholine rings is 1. The largest absolute Gasteiger partial charge is 0.496 e. The van der Waals surface area contributed by atoms with E-state index in [2.05, 4.69) is 20.8 Å². The zero-order valence-corrected chi connectivity index (χ0v) is 25.8. The summed E-state index contributed by atoms with van der Waals surface area (Å²) in [5.41, 5.74) is -3.13. The predicted octanol–water partition coefficient (Wildman–Crippen LogP) is 7.48. The summed E-state index contributed by atoms with van der Waals surface area (Å²) < 4.78 is 110. The fraction of sp³-hybridized carbons (Fsp3) is 0.226. The van der Waals surface area contributed by atoms with E-state index in [1.54, 1.807) is 6.07 Å². The van der Waals surface area contributed by atoms with E-state index >= 15 is 0 Å². The van der Waals surface area contributed by atoms with Gasteiger partial charge in [-0.15, -0.1) is 11.3 Å². The lowest BCUT2D eigenvalue weighted by Gasteiger charge is -2.24. The number of amides is 2. The topological polar surface area (TPSA) is 119 Å². The number of nitrogens with zero attached hydrogens (tertiary/aromatic N) is 3. The number of hydrogen-bond acceptors (Lipinski definition) is 9. The van der Waals surface area contributed by atoms with Crippen LogP contribution in [0.15, 0.2) is 59.1 Å². The number of anilines is 3. The number of aromatic nitrogens is 2. The lowest BCUT2D eigenvalue weighted by atomic mass is 10.1. The van der Waals surface area contributed by atoms with E-state index in [9.17, 15) is 40.3 Å². The maximum atomic E-state index is 13.9. The Morgan fingerprint density at radius 3 is 2.37 bits per heavy atom. The van der Waals surface area contributed by atoms with Gasteiger partial charge in [0.25, 0.3) is 23.7 Å². The van der Waals surface area contributed by atoms with E-state index in [0.29, 0.717) is 61.3 Å². The lowest BCUT2D eigenvalue weighted by molar-refractivity contribution is -0.140. The summed E-state index contributed by atoms with van der Waals surface area (Å²) in [4.78, 5) is 33.1. The molecule has 0 aliphatic carbocycles. The van der Waals surface area contributed by atoms with Gasteiger partial charge in [-0.1, -0.05) is 6.07 Å². The van der Waals surface area contributed by atoms with Crippen LogP contribution in [0.3, 0.4) is 0 Å². The standard InChI is InChI=1S/C31H22F7N5O5S/c1-46-22-7-2-15(28-41-29(42-48-28)43-8-10-47-11-9-43)12-19(22)26(44)40-24-18-5-3-16(30(33,34)35)13-23(18)49-25(24)27(45)39-17-4-6-21(32)20(14-17)31(36,37)38/h2-7,12-14H,8-11H2,1H3,(H,39,45)(H,40,44). The molecule has 2 N–H and O–H groups in total. The highest BCUT2D eigenvalue weighted by atomic mass is 32.1. The maximum absolute atomic E-state index is 13.9. The lowest BCUT2D eigenvalue weighted by Crippen LogP contribution is -2.36. The third kappa shape index (κ3) is 7.00. The summed E-state index contributed by atoms with van der Waals surface area (Å²) in [6.45, 7) is 2.03. The van der Waals surface area contributed by atoms with Crippen molar-refractivity contribution in [3.63, 3.8) is 0 Å². The molecule has 2 amide bonds. The molecule has 3 aromatic carbocycles. The van der Waals surface area contributed by atoms with Crippen LogP contribution in [0.5, 0.6) is 5.75 Å². The number of halogens is 7. The summed E-state index contributed by atoms with van der Waals surface area (Å²) in [6, 6.07) is 8.73. The van der Waals surface area contributed by atoms with E-state index in [1.165, 1.54) is 19.2 Å². The van der Waals surface area contributed by atoms with Crippen molar-refractivity contribution in [3.8, 4) is 17.2 Å². The average molecular weight is 710 g/mol. The molecule has 0 bridgehead atoms. The maximum Gasteiger partial charge on any atom is 0.419 e. The molecule has 49 heavy (non-hydrogen) atoms. The summed E-state index contributed by atoms with van der Waals surface area (Å²) >= 11 is 0.557. The minimum absolute atomic E-state index is 0.0359. The Hall–Kier alpha value is -5.23. The first-order chi connectivity index (χ1) is 23.2. The first-order valence-corrected chi connectivity index (χ1v) is 15.0.